The number of ether oxygens (including phenoxy) is 3. The highest BCUT2D eigenvalue weighted by atomic mass is 16.5. The monoisotopic (exact) mass is 493 g/mol. The Hall–Kier alpha value is -3.55. The number of nitrogens with zero attached hydrogens (tertiary/aromatic N) is 3. The SMILES string of the molecule is COc1ccc(CCC2CCN(C(=O)CCCn3cnc4cc(OC)c(OC)cc4c3=O)CC2)cc1. The van der Waals surface area contributed by atoms with Gasteiger partial charge in [0, 0.05) is 32.1 Å². The molecule has 4 rings (SSSR count). The molecule has 1 saturated heterocycles. The van der Waals surface area contributed by atoms with Crippen molar-refractivity contribution in [1.82, 2.24) is 14.5 Å². The van der Waals surface area contributed by atoms with Crippen molar-refractivity contribution in [1.29, 1.82) is 0 Å². The van der Waals surface area contributed by atoms with Crippen molar-refractivity contribution in [2.45, 2.75) is 45.1 Å². The van der Waals surface area contributed by atoms with E-state index < -0.39 is 0 Å². The molecule has 0 aliphatic carbocycles. The Bertz CT molecular complexity index is 1230. The maximum atomic E-state index is 12.9. The molecule has 3 aromatic rings. The molecule has 8 heteroatoms. The third kappa shape index (κ3) is 5.98. The summed E-state index contributed by atoms with van der Waals surface area (Å²) in [5.74, 6) is 2.72. The van der Waals surface area contributed by atoms with Gasteiger partial charge in [-0.1, -0.05) is 12.1 Å². The molecule has 0 radical (unpaired) electrons. The van der Waals surface area contributed by atoms with Gasteiger partial charge in [-0.3, -0.25) is 14.2 Å². The summed E-state index contributed by atoms with van der Waals surface area (Å²) in [6.45, 7) is 2.07. The molecule has 2 aromatic carbocycles. The van der Waals surface area contributed by atoms with Crippen molar-refractivity contribution in [2.24, 2.45) is 5.92 Å². The van der Waals surface area contributed by atoms with E-state index in [0.717, 1.165) is 44.5 Å². The van der Waals surface area contributed by atoms with Crippen LogP contribution in [0.1, 0.15) is 37.7 Å². The van der Waals surface area contributed by atoms with E-state index in [4.69, 9.17) is 14.2 Å². The van der Waals surface area contributed by atoms with E-state index in [9.17, 15) is 9.59 Å². The van der Waals surface area contributed by atoms with E-state index in [2.05, 4.69) is 17.1 Å². The number of hydrogen-bond acceptors (Lipinski definition) is 6. The predicted octanol–water partition coefficient (Wildman–Crippen LogP) is 4.07. The molecule has 0 unspecified atom stereocenters. The van der Waals surface area contributed by atoms with E-state index in [1.165, 1.54) is 19.0 Å². The van der Waals surface area contributed by atoms with Crippen molar-refractivity contribution >= 4 is 16.8 Å². The summed E-state index contributed by atoms with van der Waals surface area (Å²) < 4.78 is 17.4. The third-order valence-electron chi connectivity index (χ3n) is 7.09. The standard InChI is InChI=1S/C28H35N3O5/c1-34-22-10-8-20(9-11-22)6-7-21-12-15-30(16-13-21)27(32)5-4-14-31-19-29-24-18-26(36-3)25(35-2)17-23(24)28(31)33/h8-11,17-19,21H,4-7,12-16H2,1-3H3. The first-order chi connectivity index (χ1) is 17.5. The van der Waals surface area contributed by atoms with Gasteiger partial charge in [-0.2, -0.15) is 0 Å². The van der Waals surface area contributed by atoms with Crippen LogP contribution in [-0.2, 0) is 17.8 Å². The zero-order chi connectivity index (χ0) is 25.5. The number of carbonyl (C=O) groups is 1. The molecule has 0 N–H and O–H groups in total. The number of benzene rings is 2. The summed E-state index contributed by atoms with van der Waals surface area (Å²) in [6, 6.07) is 11.6. The Kier molecular flexibility index (Phi) is 8.46. The first kappa shape index (κ1) is 25.5. The fourth-order valence-corrected chi connectivity index (χ4v) is 4.84. The minimum Gasteiger partial charge on any atom is -0.497 e. The molecule has 8 nitrogen and oxygen atoms in total. The van der Waals surface area contributed by atoms with Crippen molar-refractivity contribution in [3.63, 3.8) is 0 Å². The minimum absolute atomic E-state index is 0.147. The number of hydrogen-bond donors (Lipinski definition) is 0. The average Bonchev–Trinajstić information content (AvgIpc) is 2.93. The average molecular weight is 494 g/mol. The van der Waals surface area contributed by atoms with Crippen LogP contribution in [-0.4, -0.2) is 54.8 Å². The lowest BCUT2D eigenvalue weighted by Crippen LogP contribution is -2.38. The van der Waals surface area contributed by atoms with Gasteiger partial charge in [-0.15, -0.1) is 0 Å². The molecule has 192 valence electrons. The second-order valence-electron chi connectivity index (χ2n) is 9.28. The van der Waals surface area contributed by atoms with Crippen molar-refractivity contribution in [3.05, 3.63) is 58.6 Å². The highest BCUT2D eigenvalue weighted by molar-refractivity contribution is 5.81. The molecule has 0 bridgehead atoms. The lowest BCUT2D eigenvalue weighted by Gasteiger charge is -2.32. The quantitative estimate of drug-likeness (QED) is 0.423. The molecule has 1 aromatic heterocycles. The van der Waals surface area contributed by atoms with E-state index in [-0.39, 0.29) is 11.5 Å². The van der Waals surface area contributed by atoms with E-state index in [0.29, 0.717) is 47.7 Å². The van der Waals surface area contributed by atoms with Gasteiger partial charge in [-0.25, -0.2) is 4.98 Å². The zero-order valence-electron chi connectivity index (χ0n) is 21.4. The Morgan fingerprint density at radius 1 is 1.00 bits per heavy atom. The van der Waals surface area contributed by atoms with Crippen LogP contribution in [0, 0.1) is 5.92 Å². The van der Waals surface area contributed by atoms with Gasteiger partial charge in [0.25, 0.3) is 5.56 Å². The number of methoxy groups -OCH3 is 3. The number of likely N-dealkylation sites (tertiary alicyclic amines) is 1. The Morgan fingerprint density at radius 3 is 2.36 bits per heavy atom. The highest BCUT2D eigenvalue weighted by Gasteiger charge is 2.22. The second-order valence-corrected chi connectivity index (χ2v) is 9.28. The summed E-state index contributed by atoms with van der Waals surface area (Å²) in [6.07, 6.45) is 6.83. The molecule has 0 spiro atoms. The highest BCUT2D eigenvalue weighted by Crippen LogP contribution is 2.30. The number of fused-ring (bicyclic) bond motifs is 1. The Balaban J connectivity index is 1.24. The van der Waals surface area contributed by atoms with Gasteiger partial charge in [0.1, 0.15) is 5.75 Å². The summed E-state index contributed by atoms with van der Waals surface area (Å²) in [7, 11) is 4.76. The molecule has 1 aliphatic heterocycles. The molecule has 1 fully saturated rings. The van der Waals surface area contributed by atoms with Crippen LogP contribution in [0.2, 0.25) is 0 Å². The second kappa shape index (κ2) is 11.9. The van der Waals surface area contributed by atoms with Gasteiger partial charge >= 0.3 is 0 Å². The van der Waals surface area contributed by atoms with Gasteiger partial charge in [0.15, 0.2) is 11.5 Å². The van der Waals surface area contributed by atoms with E-state index in [1.54, 1.807) is 30.9 Å². The molecular formula is C28H35N3O5. The maximum absolute atomic E-state index is 12.9. The number of aryl methyl sites for hydroxylation is 2. The summed E-state index contributed by atoms with van der Waals surface area (Å²) in [5, 5.41) is 0.471. The largest absolute Gasteiger partial charge is 0.497 e. The topological polar surface area (TPSA) is 82.9 Å². The normalized spacial score (nSPS) is 14.1. The molecule has 1 amide bonds. The van der Waals surface area contributed by atoms with Crippen LogP contribution in [0.4, 0.5) is 0 Å². The molecule has 2 heterocycles. The van der Waals surface area contributed by atoms with Gasteiger partial charge in [0.05, 0.1) is 38.6 Å². The molecule has 0 atom stereocenters. The van der Waals surface area contributed by atoms with Crippen LogP contribution in [0.5, 0.6) is 17.2 Å². The maximum Gasteiger partial charge on any atom is 0.261 e. The minimum atomic E-state index is -0.147. The van der Waals surface area contributed by atoms with Crippen molar-refractivity contribution in [3.8, 4) is 17.2 Å². The summed E-state index contributed by atoms with van der Waals surface area (Å²) in [4.78, 5) is 32.1. The molecule has 1 aliphatic rings. The number of aromatic nitrogens is 2. The molecular weight excluding hydrogens is 458 g/mol. The number of piperidine rings is 1. The lowest BCUT2D eigenvalue weighted by atomic mass is 9.90. The third-order valence-corrected chi connectivity index (χ3v) is 7.09. The van der Waals surface area contributed by atoms with Crippen LogP contribution in [0.15, 0.2) is 47.5 Å². The van der Waals surface area contributed by atoms with E-state index >= 15 is 0 Å². The number of rotatable bonds is 10. The van der Waals surface area contributed by atoms with Crippen LogP contribution >= 0.6 is 0 Å². The smallest absolute Gasteiger partial charge is 0.261 e. The van der Waals surface area contributed by atoms with Gasteiger partial charge in [0.2, 0.25) is 5.91 Å². The zero-order valence-corrected chi connectivity index (χ0v) is 21.4. The fraction of sp³-hybridized carbons (Fsp3) is 0.464. The predicted molar refractivity (Wildman–Crippen MR) is 139 cm³/mol. The Morgan fingerprint density at radius 2 is 1.69 bits per heavy atom. The summed E-state index contributed by atoms with van der Waals surface area (Å²) in [5.41, 5.74) is 1.73. The first-order valence-corrected chi connectivity index (χ1v) is 12.5. The van der Waals surface area contributed by atoms with Crippen LogP contribution in [0.25, 0.3) is 10.9 Å². The van der Waals surface area contributed by atoms with E-state index in [1.807, 2.05) is 17.0 Å². The number of amides is 1. The van der Waals surface area contributed by atoms with Crippen LogP contribution in [0.3, 0.4) is 0 Å². The van der Waals surface area contributed by atoms with Crippen molar-refractivity contribution in [2.75, 3.05) is 34.4 Å². The lowest BCUT2D eigenvalue weighted by molar-refractivity contribution is -0.132. The molecule has 0 saturated carbocycles. The molecule has 36 heavy (non-hydrogen) atoms. The van der Waals surface area contributed by atoms with Crippen LogP contribution < -0.4 is 19.8 Å². The van der Waals surface area contributed by atoms with Crippen molar-refractivity contribution < 1.29 is 19.0 Å². The van der Waals surface area contributed by atoms with Gasteiger partial charge in [-0.05, 0) is 61.8 Å². The first-order valence-electron chi connectivity index (χ1n) is 12.5. The Labute approximate surface area is 211 Å². The summed E-state index contributed by atoms with van der Waals surface area (Å²) >= 11 is 0. The van der Waals surface area contributed by atoms with Gasteiger partial charge < -0.3 is 19.1 Å². The number of carbonyl (C=O) groups excluding carboxylic acids is 1. The fourth-order valence-electron chi connectivity index (χ4n) is 4.84.